The molecule has 0 saturated heterocycles. The van der Waals surface area contributed by atoms with E-state index < -0.39 is 16.5 Å². The number of benzene rings is 1. The largest absolute Gasteiger partial charge is 0.357 e. The zero-order valence-electron chi connectivity index (χ0n) is 14.3. The lowest BCUT2D eigenvalue weighted by Crippen LogP contribution is -2.30. The fraction of sp³-hybridized carbons (Fsp3) is 0.125. The van der Waals surface area contributed by atoms with E-state index in [0.29, 0.717) is 16.4 Å². The minimum atomic E-state index is -0.639. The van der Waals surface area contributed by atoms with E-state index in [1.54, 1.807) is 38.1 Å². The molecule has 0 aliphatic rings. The third-order valence-electron chi connectivity index (χ3n) is 3.58. The Kier molecular flexibility index (Phi) is 4.99. The normalized spacial score (nSPS) is 10.5. The van der Waals surface area contributed by atoms with E-state index in [-0.39, 0.29) is 17.2 Å². The number of aryl methyl sites for hydroxylation is 2. The average Bonchev–Trinajstić information content (AvgIpc) is 2.97. The highest BCUT2D eigenvalue weighted by molar-refractivity contribution is 6.30. The minimum absolute atomic E-state index is 0.0138. The lowest BCUT2D eigenvalue weighted by atomic mass is 10.2. The molecule has 27 heavy (non-hydrogen) atoms. The first-order valence-electron chi connectivity index (χ1n) is 7.72. The van der Waals surface area contributed by atoms with Crippen LogP contribution in [0, 0.1) is 24.0 Å². The molecule has 0 saturated carbocycles. The van der Waals surface area contributed by atoms with Crippen LogP contribution in [0.5, 0.6) is 0 Å². The first kappa shape index (κ1) is 18.3. The highest BCUT2D eigenvalue weighted by Gasteiger charge is 2.26. The predicted octanol–water partition coefficient (Wildman–Crippen LogP) is 2.60. The molecule has 0 spiro atoms. The van der Waals surface area contributed by atoms with Crippen LogP contribution in [0.1, 0.15) is 21.7 Å². The molecular formula is C16H14ClN7O3. The molecule has 0 fully saturated rings. The fourth-order valence-corrected chi connectivity index (χ4v) is 2.64. The second-order valence-electron chi connectivity index (χ2n) is 5.58. The summed E-state index contributed by atoms with van der Waals surface area (Å²) in [5.41, 5.74) is 6.05. The summed E-state index contributed by atoms with van der Waals surface area (Å²) >= 11 is 5.86. The second-order valence-corrected chi connectivity index (χ2v) is 6.02. The highest BCUT2D eigenvalue weighted by Crippen LogP contribution is 2.28. The number of hydrazine groups is 1. The van der Waals surface area contributed by atoms with E-state index in [2.05, 4.69) is 25.9 Å². The van der Waals surface area contributed by atoms with E-state index in [1.165, 1.54) is 10.7 Å². The lowest BCUT2D eigenvalue weighted by molar-refractivity contribution is -0.384. The van der Waals surface area contributed by atoms with Crippen LogP contribution in [0.3, 0.4) is 0 Å². The number of halogens is 1. The van der Waals surface area contributed by atoms with Crippen molar-refractivity contribution in [2.75, 3.05) is 5.43 Å². The van der Waals surface area contributed by atoms with Gasteiger partial charge in [0.1, 0.15) is 6.33 Å². The third kappa shape index (κ3) is 3.85. The van der Waals surface area contributed by atoms with Crippen molar-refractivity contribution >= 4 is 29.0 Å². The topological polar surface area (TPSA) is 128 Å². The molecule has 2 aromatic heterocycles. The highest BCUT2D eigenvalue weighted by atomic mass is 35.5. The molecule has 3 rings (SSSR count). The summed E-state index contributed by atoms with van der Waals surface area (Å²) in [5.74, 6) is -0.717. The van der Waals surface area contributed by atoms with Gasteiger partial charge in [0, 0.05) is 16.3 Å². The fourth-order valence-electron chi connectivity index (χ4n) is 2.45. The van der Waals surface area contributed by atoms with Crippen molar-refractivity contribution < 1.29 is 9.72 Å². The Labute approximate surface area is 158 Å². The summed E-state index contributed by atoms with van der Waals surface area (Å²) in [6.45, 7) is 3.51. The monoisotopic (exact) mass is 387 g/mol. The van der Waals surface area contributed by atoms with Crippen LogP contribution in [0.15, 0.2) is 36.7 Å². The quantitative estimate of drug-likeness (QED) is 0.508. The Morgan fingerprint density at radius 3 is 2.67 bits per heavy atom. The zero-order valence-corrected chi connectivity index (χ0v) is 15.1. The van der Waals surface area contributed by atoms with Crippen molar-refractivity contribution in [1.82, 2.24) is 25.2 Å². The number of nitro groups is 1. The Morgan fingerprint density at radius 1 is 1.26 bits per heavy atom. The van der Waals surface area contributed by atoms with E-state index in [9.17, 15) is 14.9 Å². The van der Waals surface area contributed by atoms with Crippen molar-refractivity contribution in [3.8, 4) is 5.82 Å². The summed E-state index contributed by atoms with van der Waals surface area (Å²) in [5, 5.41) is 16.2. The lowest BCUT2D eigenvalue weighted by Gasteiger charge is -2.10. The van der Waals surface area contributed by atoms with Crippen molar-refractivity contribution in [1.29, 1.82) is 0 Å². The van der Waals surface area contributed by atoms with Crippen LogP contribution < -0.4 is 10.9 Å². The number of carbonyl (C=O) groups is 1. The molecule has 11 heteroatoms. The van der Waals surface area contributed by atoms with Crippen LogP contribution >= 0.6 is 11.6 Å². The summed E-state index contributed by atoms with van der Waals surface area (Å²) < 4.78 is 1.35. The maximum absolute atomic E-state index is 12.2. The third-order valence-corrected chi connectivity index (χ3v) is 3.81. The van der Waals surface area contributed by atoms with Gasteiger partial charge in [0.2, 0.25) is 11.6 Å². The van der Waals surface area contributed by atoms with E-state index in [1.807, 2.05) is 0 Å². The smallest absolute Gasteiger partial charge is 0.276 e. The molecule has 0 atom stereocenters. The SMILES string of the molecule is Cc1cc(C)n(-c2ncnc(NNC(=O)c3cccc(Cl)c3)c2[N+](=O)[O-])n1. The number of hydrogen-bond acceptors (Lipinski definition) is 7. The maximum atomic E-state index is 12.2. The van der Waals surface area contributed by atoms with Gasteiger partial charge in [-0.15, -0.1) is 0 Å². The maximum Gasteiger partial charge on any atom is 0.357 e. The first-order valence-corrected chi connectivity index (χ1v) is 8.09. The molecule has 0 unspecified atom stereocenters. The Balaban J connectivity index is 1.92. The molecule has 2 N–H and O–H groups in total. The molecule has 10 nitrogen and oxygen atoms in total. The van der Waals surface area contributed by atoms with Gasteiger partial charge in [-0.25, -0.2) is 14.6 Å². The van der Waals surface area contributed by atoms with Gasteiger partial charge in [0.15, 0.2) is 0 Å². The van der Waals surface area contributed by atoms with Crippen LogP contribution in [-0.2, 0) is 0 Å². The molecule has 0 aliphatic heterocycles. The number of aromatic nitrogens is 4. The number of hydrogen-bond donors (Lipinski definition) is 2. The minimum Gasteiger partial charge on any atom is -0.276 e. The number of anilines is 1. The van der Waals surface area contributed by atoms with E-state index >= 15 is 0 Å². The molecule has 0 radical (unpaired) electrons. The molecule has 2 heterocycles. The Bertz CT molecular complexity index is 1030. The van der Waals surface area contributed by atoms with Gasteiger partial charge < -0.3 is 0 Å². The number of nitrogens with one attached hydrogen (secondary N) is 2. The van der Waals surface area contributed by atoms with Crippen LogP contribution in [0.4, 0.5) is 11.5 Å². The Morgan fingerprint density at radius 2 is 2.04 bits per heavy atom. The zero-order chi connectivity index (χ0) is 19.6. The van der Waals surface area contributed by atoms with Crippen molar-refractivity contribution in [3.63, 3.8) is 0 Å². The van der Waals surface area contributed by atoms with Gasteiger partial charge in [0.05, 0.1) is 10.6 Å². The van der Waals surface area contributed by atoms with Crippen molar-refractivity contribution in [2.45, 2.75) is 13.8 Å². The van der Waals surface area contributed by atoms with Gasteiger partial charge >= 0.3 is 5.69 Å². The summed E-state index contributed by atoms with van der Waals surface area (Å²) in [7, 11) is 0. The number of amides is 1. The van der Waals surface area contributed by atoms with Gasteiger partial charge in [-0.1, -0.05) is 17.7 Å². The standard InChI is InChI=1S/C16H14ClN7O3/c1-9-6-10(2)23(22-9)15-13(24(26)27)14(18-8-19-15)20-21-16(25)11-4-3-5-12(17)7-11/h3-8H,1-2H3,(H,21,25)(H,18,19,20). The van der Waals surface area contributed by atoms with Gasteiger partial charge in [-0.3, -0.25) is 25.8 Å². The molecular weight excluding hydrogens is 374 g/mol. The molecule has 138 valence electrons. The van der Waals surface area contributed by atoms with Crippen LogP contribution in [0.25, 0.3) is 5.82 Å². The summed E-state index contributed by atoms with van der Waals surface area (Å²) in [6, 6.07) is 8.03. The summed E-state index contributed by atoms with van der Waals surface area (Å²) in [4.78, 5) is 31.0. The molecule has 1 amide bonds. The number of nitrogens with zero attached hydrogens (tertiary/aromatic N) is 5. The number of carbonyl (C=O) groups excluding carboxylic acids is 1. The van der Waals surface area contributed by atoms with Gasteiger partial charge in [-0.05, 0) is 38.1 Å². The van der Waals surface area contributed by atoms with Gasteiger partial charge in [0.25, 0.3) is 5.91 Å². The second kappa shape index (κ2) is 7.38. The van der Waals surface area contributed by atoms with E-state index in [0.717, 1.165) is 6.33 Å². The molecule has 3 aromatic rings. The van der Waals surface area contributed by atoms with Crippen LogP contribution in [0.2, 0.25) is 5.02 Å². The van der Waals surface area contributed by atoms with Crippen LogP contribution in [-0.4, -0.2) is 30.6 Å². The summed E-state index contributed by atoms with van der Waals surface area (Å²) in [6.07, 6.45) is 1.15. The molecule has 1 aromatic carbocycles. The van der Waals surface area contributed by atoms with Gasteiger partial charge in [-0.2, -0.15) is 5.10 Å². The molecule has 0 aliphatic carbocycles. The van der Waals surface area contributed by atoms with E-state index in [4.69, 9.17) is 11.6 Å². The van der Waals surface area contributed by atoms with Crippen molar-refractivity contribution in [2.24, 2.45) is 0 Å². The average molecular weight is 388 g/mol. The van der Waals surface area contributed by atoms with Crippen molar-refractivity contribution in [3.05, 3.63) is 68.7 Å². The predicted molar refractivity (Wildman–Crippen MR) is 97.8 cm³/mol. The molecule has 0 bridgehead atoms. The Hall–Kier alpha value is -3.53. The number of rotatable bonds is 5. The first-order chi connectivity index (χ1) is 12.9.